The molecule has 0 saturated carbocycles. The third-order valence-corrected chi connectivity index (χ3v) is 8.12. The van der Waals surface area contributed by atoms with E-state index in [0.29, 0.717) is 39.1 Å². The lowest BCUT2D eigenvalue weighted by Gasteiger charge is -2.19. The Kier molecular flexibility index (Phi) is 6.00. The monoisotopic (exact) mass is 581 g/mol. The molecule has 0 atom stereocenters. The van der Waals surface area contributed by atoms with Crippen molar-refractivity contribution in [3.8, 4) is 11.1 Å². The number of anilines is 1. The van der Waals surface area contributed by atoms with Gasteiger partial charge in [-0.15, -0.1) is 0 Å². The Labute approximate surface area is 251 Å². The highest BCUT2D eigenvalue weighted by Crippen LogP contribution is 2.35. The van der Waals surface area contributed by atoms with Gasteiger partial charge in [0.2, 0.25) is 0 Å². The molecule has 4 aromatic carbocycles. The van der Waals surface area contributed by atoms with Crippen molar-refractivity contribution in [3.63, 3.8) is 0 Å². The lowest BCUT2D eigenvalue weighted by molar-refractivity contribution is -0.137. The lowest BCUT2D eigenvalue weighted by Crippen LogP contribution is -2.31. The molecule has 0 unspecified atom stereocenters. The summed E-state index contributed by atoms with van der Waals surface area (Å²) in [5.41, 5.74) is 4.90. The van der Waals surface area contributed by atoms with Crippen molar-refractivity contribution in [1.29, 1.82) is 0 Å². The maximum atomic E-state index is 13.7. The minimum atomic E-state index is -0.517. The van der Waals surface area contributed by atoms with Gasteiger partial charge in [0.25, 0.3) is 35.4 Å². The van der Waals surface area contributed by atoms with Crippen LogP contribution in [0.1, 0.15) is 58.1 Å². The highest BCUT2D eigenvalue weighted by molar-refractivity contribution is 6.35. The normalized spacial score (nSPS) is 15.9. The maximum Gasteiger partial charge on any atom is 0.266 e. The van der Waals surface area contributed by atoms with Crippen LogP contribution in [0.5, 0.6) is 0 Å². The number of hydrogen-bond acceptors (Lipinski definition) is 6. The number of carbonyl (C=O) groups is 6. The SMILES string of the molecule is Cc1cc(CN2C(=O)C=C(c3ccccc3)C2=O)cc(N2C(=O)c3ccc(-c4ccc5c(c4)C(=O)N(C)C5=O)cc3C2=O)c1. The third kappa shape index (κ3) is 4.09. The van der Waals surface area contributed by atoms with E-state index < -0.39 is 29.5 Å². The number of rotatable bonds is 5. The van der Waals surface area contributed by atoms with Crippen molar-refractivity contribution in [3.05, 3.63) is 130 Å². The van der Waals surface area contributed by atoms with Gasteiger partial charge in [-0.2, -0.15) is 0 Å². The third-order valence-electron chi connectivity index (χ3n) is 8.12. The molecular weight excluding hydrogens is 558 g/mol. The van der Waals surface area contributed by atoms with Crippen LogP contribution in [-0.2, 0) is 16.1 Å². The van der Waals surface area contributed by atoms with Gasteiger partial charge >= 0.3 is 0 Å². The fourth-order valence-electron chi connectivity index (χ4n) is 5.92. The van der Waals surface area contributed by atoms with Gasteiger partial charge in [-0.1, -0.05) is 48.5 Å². The Morgan fingerprint density at radius 3 is 1.84 bits per heavy atom. The van der Waals surface area contributed by atoms with E-state index in [2.05, 4.69) is 0 Å². The summed E-state index contributed by atoms with van der Waals surface area (Å²) in [6.45, 7) is 1.78. The van der Waals surface area contributed by atoms with Gasteiger partial charge in [-0.05, 0) is 71.1 Å². The average molecular weight is 582 g/mol. The van der Waals surface area contributed by atoms with Crippen molar-refractivity contribution in [2.24, 2.45) is 0 Å². The molecule has 9 nitrogen and oxygen atoms in total. The molecule has 0 spiro atoms. The van der Waals surface area contributed by atoms with Crippen LogP contribution in [0, 0.1) is 6.92 Å². The first-order valence-electron chi connectivity index (χ1n) is 13.9. The number of fused-ring (bicyclic) bond motifs is 2. The van der Waals surface area contributed by atoms with Gasteiger partial charge in [0.15, 0.2) is 0 Å². The zero-order valence-corrected chi connectivity index (χ0v) is 23.7. The highest BCUT2D eigenvalue weighted by atomic mass is 16.2. The summed E-state index contributed by atoms with van der Waals surface area (Å²) in [6.07, 6.45) is 1.32. The van der Waals surface area contributed by atoms with E-state index in [4.69, 9.17) is 0 Å². The molecule has 4 aromatic rings. The molecule has 0 aromatic heterocycles. The van der Waals surface area contributed by atoms with E-state index in [-0.39, 0.29) is 29.1 Å². The summed E-state index contributed by atoms with van der Waals surface area (Å²) in [5.74, 6) is -2.63. The van der Waals surface area contributed by atoms with Gasteiger partial charge < -0.3 is 0 Å². The molecule has 9 heteroatoms. The van der Waals surface area contributed by atoms with Crippen LogP contribution >= 0.6 is 0 Å². The van der Waals surface area contributed by atoms with Crippen molar-refractivity contribution >= 4 is 46.7 Å². The Bertz CT molecular complexity index is 2040. The summed E-state index contributed by atoms with van der Waals surface area (Å²) in [6, 6.07) is 23.9. The number of nitrogens with zero attached hydrogens (tertiary/aromatic N) is 3. The van der Waals surface area contributed by atoms with Crippen LogP contribution in [0.15, 0.2) is 91.0 Å². The Balaban J connectivity index is 1.17. The van der Waals surface area contributed by atoms with Gasteiger partial charge in [-0.25, -0.2) is 4.90 Å². The first-order chi connectivity index (χ1) is 21.1. The largest absolute Gasteiger partial charge is 0.277 e. The smallest absolute Gasteiger partial charge is 0.266 e. The molecule has 0 bridgehead atoms. The first-order valence-corrected chi connectivity index (χ1v) is 13.9. The topological polar surface area (TPSA) is 112 Å². The molecule has 0 fully saturated rings. The van der Waals surface area contributed by atoms with Gasteiger partial charge in [0.05, 0.1) is 40.1 Å². The predicted molar refractivity (Wildman–Crippen MR) is 161 cm³/mol. The molecule has 7 rings (SSSR count). The Morgan fingerprint density at radius 2 is 1.16 bits per heavy atom. The Hall–Kier alpha value is -5.96. The van der Waals surface area contributed by atoms with Crippen LogP contribution in [0.25, 0.3) is 16.7 Å². The molecule has 0 aliphatic carbocycles. The number of aryl methyl sites for hydroxylation is 1. The second-order valence-electron chi connectivity index (χ2n) is 11.0. The molecule has 6 amide bonds. The van der Waals surface area contributed by atoms with E-state index in [1.54, 1.807) is 78.9 Å². The predicted octanol–water partition coefficient (Wildman–Crippen LogP) is 4.64. The molecule has 0 saturated heterocycles. The Morgan fingerprint density at radius 1 is 0.568 bits per heavy atom. The quantitative estimate of drug-likeness (QED) is 0.318. The van der Waals surface area contributed by atoms with Crippen LogP contribution in [0.4, 0.5) is 5.69 Å². The van der Waals surface area contributed by atoms with Crippen LogP contribution in [0.3, 0.4) is 0 Å². The summed E-state index contributed by atoms with van der Waals surface area (Å²) in [4.78, 5) is 81.2. The zero-order chi connectivity index (χ0) is 30.9. The van der Waals surface area contributed by atoms with E-state index in [0.717, 1.165) is 20.3 Å². The van der Waals surface area contributed by atoms with Crippen molar-refractivity contribution in [2.75, 3.05) is 11.9 Å². The maximum absolute atomic E-state index is 13.7. The zero-order valence-electron chi connectivity index (χ0n) is 23.7. The molecule has 44 heavy (non-hydrogen) atoms. The molecule has 0 N–H and O–H groups in total. The summed E-state index contributed by atoms with van der Waals surface area (Å²) in [7, 11) is 1.43. The lowest BCUT2D eigenvalue weighted by atomic mass is 9.97. The molecular formula is C35H23N3O6. The van der Waals surface area contributed by atoms with Crippen LogP contribution in [-0.4, -0.2) is 52.3 Å². The van der Waals surface area contributed by atoms with E-state index in [9.17, 15) is 28.8 Å². The number of carbonyl (C=O) groups excluding carboxylic acids is 6. The van der Waals surface area contributed by atoms with Crippen molar-refractivity contribution in [1.82, 2.24) is 9.80 Å². The van der Waals surface area contributed by atoms with Gasteiger partial charge in [-0.3, -0.25) is 38.6 Å². The first kappa shape index (κ1) is 26.9. The number of benzene rings is 4. The molecule has 0 radical (unpaired) electrons. The minimum Gasteiger partial charge on any atom is -0.277 e. The highest BCUT2D eigenvalue weighted by Gasteiger charge is 2.38. The number of amides is 6. The van der Waals surface area contributed by atoms with E-state index in [1.165, 1.54) is 13.1 Å². The molecule has 3 heterocycles. The van der Waals surface area contributed by atoms with Crippen molar-refractivity contribution < 1.29 is 28.8 Å². The van der Waals surface area contributed by atoms with E-state index >= 15 is 0 Å². The summed E-state index contributed by atoms with van der Waals surface area (Å²) < 4.78 is 0. The second kappa shape index (κ2) is 9.81. The molecule has 3 aliphatic rings. The van der Waals surface area contributed by atoms with Crippen molar-refractivity contribution in [2.45, 2.75) is 13.5 Å². The van der Waals surface area contributed by atoms with E-state index in [1.807, 2.05) is 13.0 Å². The van der Waals surface area contributed by atoms with Crippen LogP contribution < -0.4 is 4.90 Å². The average Bonchev–Trinajstić information content (AvgIpc) is 3.54. The summed E-state index contributed by atoms with van der Waals surface area (Å²) >= 11 is 0. The standard InChI is InChI=1S/C35H23N3O6/c1-19-12-20(18-37-30(39)17-27(33(37)42)21-6-4-3-5-7-21)14-24(13-19)38-34(43)26-11-9-23(16-29(26)35(38)44)22-8-10-25-28(15-22)32(41)36(2)31(25)40/h3-17H,18H2,1-2H3. The summed E-state index contributed by atoms with van der Waals surface area (Å²) in [5, 5.41) is 0. The van der Waals surface area contributed by atoms with Crippen LogP contribution in [0.2, 0.25) is 0 Å². The fraction of sp³-hybridized carbons (Fsp3) is 0.0857. The number of hydrogen-bond donors (Lipinski definition) is 0. The molecule has 214 valence electrons. The second-order valence-corrected chi connectivity index (χ2v) is 11.0. The van der Waals surface area contributed by atoms with Gasteiger partial charge in [0, 0.05) is 13.1 Å². The van der Waals surface area contributed by atoms with Gasteiger partial charge in [0.1, 0.15) is 0 Å². The minimum absolute atomic E-state index is 0.0265. The fourth-order valence-corrected chi connectivity index (χ4v) is 5.92. The number of imide groups is 3. The molecule has 3 aliphatic heterocycles.